The van der Waals surface area contributed by atoms with Crippen molar-refractivity contribution in [3.05, 3.63) is 66.7 Å². The van der Waals surface area contributed by atoms with E-state index in [2.05, 4.69) is 28.5 Å². The van der Waals surface area contributed by atoms with Crippen LogP contribution in [0, 0.1) is 0 Å². The lowest BCUT2D eigenvalue weighted by Crippen LogP contribution is -2.27. The van der Waals surface area contributed by atoms with E-state index in [1.165, 1.54) is 16.3 Å². The Bertz CT molecular complexity index is 699. The Morgan fingerprint density at radius 3 is 2.84 bits per heavy atom. The van der Waals surface area contributed by atoms with Gasteiger partial charge in [0, 0.05) is 18.9 Å². The Morgan fingerprint density at radius 1 is 1.16 bits per heavy atom. The van der Waals surface area contributed by atoms with Gasteiger partial charge in [0.05, 0.1) is 0 Å². The highest BCUT2D eigenvalue weighted by molar-refractivity contribution is 5.86. The second-order valence-corrected chi connectivity index (χ2v) is 4.27. The van der Waals surface area contributed by atoms with Gasteiger partial charge >= 0.3 is 6.03 Å². The minimum atomic E-state index is -0.176. The lowest BCUT2D eigenvalue weighted by molar-refractivity contribution is 0.242. The summed E-state index contributed by atoms with van der Waals surface area (Å²) in [5.41, 5.74) is 1.10. The normalized spacial score (nSPS) is 10.5. The standard InChI is InChI=1S/C15H13N3O/c19-15(18-9-8-16-11-18)17-10-13-6-3-5-12-4-1-2-7-14(12)13/h1-9,11H,10H2,(H,17,19). The summed E-state index contributed by atoms with van der Waals surface area (Å²) in [5.74, 6) is 0. The predicted octanol–water partition coefficient (Wildman–Crippen LogP) is 2.79. The summed E-state index contributed by atoms with van der Waals surface area (Å²) in [6, 6.07) is 14.1. The molecule has 0 unspecified atom stereocenters. The lowest BCUT2D eigenvalue weighted by atomic mass is 10.0. The number of carbonyl (C=O) groups excluding carboxylic acids is 1. The SMILES string of the molecule is O=C(NCc1cccc2ccccc12)n1ccnc1. The molecule has 0 spiro atoms. The van der Waals surface area contributed by atoms with E-state index in [0.29, 0.717) is 6.54 Å². The molecule has 1 N–H and O–H groups in total. The molecule has 0 radical (unpaired) electrons. The zero-order valence-electron chi connectivity index (χ0n) is 10.3. The van der Waals surface area contributed by atoms with Gasteiger partial charge in [0.2, 0.25) is 0 Å². The van der Waals surface area contributed by atoms with Crippen LogP contribution >= 0.6 is 0 Å². The number of fused-ring (bicyclic) bond motifs is 1. The summed E-state index contributed by atoms with van der Waals surface area (Å²) in [7, 11) is 0. The van der Waals surface area contributed by atoms with E-state index in [0.717, 1.165) is 10.9 Å². The fourth-order valence-corrected chi connectivity index (χ4v) is 2.09. The molecule has 1 aromatic heterocycles. The van der Waals surface area contributed by atoms with E-state index in [1.807, 2.05) is 24.3 Å². The maximum Gasteiger partial charge on any atom is 0.327 e. The third-order valence-electron chi connectivity index (χ3n) is 3.05. The fraction of sp³-hybridized carbons (Fsp3) is 0.0667. The van der Waals surface area contributed by atoms with Crippen LogP contribution in [0.3, 0.4) is 0 Å². The van der Waals surface area contributed by atoms with Crippen LogP contribution in [0.2, 0.25) is 0 Å². The molecule has 0 aliphatic carbocycles. The van der Waals surface area contributed by atoms with Crippen LogP contribution in [0.25, 0.3) is 10.8 Å². The molecule has 2 aromatic carbocycles. The molecule has 0 bridgehead atoms. The van der Waals surface area contributed by atoms with Gasteiger partial charge in [-0.05, 0) is 16.3 Å². The number of hydrogen-bond donors (Lipinski definition) is 1. The van der Waals surface area contributed by atoms with Crippen LogP contribution in [0.1, 0.15) is 5.56 Å². The molecule has 3 aromatic rings. The van der Waals surface area contributed by atoms with Crippen LogP contribution in [0.15, 0.2) is 61.2 Å². The van der Waals surface area contributed by atoms with Crippen molar-refractivity contribution < 1.29 is 4.79 Å². The highest BCUT2D eigenvalue weighted by Crippen LogP contribution is 2.18. The number of nitrogens with zero attached hydrogens (tertiary/aromatic N) is 2. The summed E-state index contributed by atoms with van der Waals surface area (Å²) in [6.07, 6.45) is 4.69. The average molecular weight is 251 g/mol. The second-order valence-electron chi connectivity index (χ2n) is 4.27. The van der Waals surface area contributed by atoms with Crippen molar-refractivity contribution in [2.24, 2.45) is 0 Å². The van der Waals surface area contributed by atoms with Gasteiger partial charge in [0.25, 0.3) is 0 Å². The first-order chi connectivity index (χ1) is 9.34. The molecule has 4 nitrogen and oxygen atoms in total. The molecule has 3 rings (SSSR count). The van der Waals surface area contributed by atoms with Gasteiger partial charge in [0.1, 0.15) is 6.33 Å². The van der Waals surface area contributed by atoms with E-state index >= 15 is 0 Å². The van der Waals surface area contributed by atoms with Crippen LogP contribution in [0.4, 0.5) is 4.79 Å². The van der Waals surface area contributed by atoms with Gasteiger partial charge in [-0.2, -0.15) is 0 Å². The van der Waals surface area contributed by atoms with Crippen LogP contribution in [-0.2, 0) is 6.54 Å². The Hall–Kier alpha value is -2.62. The van der Waals surface area contributed by atoms with Gasteiger partial charge in [-0.1, -0.05) is 42.5 Å². The summed E-state index contributed by atoms with van der Waals surface area (Å²) < 4.78 is 1.42. The Labute approximate surface area is 110 Å². The molecule has 0 aliphatic heterocycles. The number of imidazole rings is 1. The average Bonchev–Trinajstić information content (AvgIpc) is 2.99. The van der Waals surface area contributed by atoms with E-state index in [4.69, 9.17) is 0 Å². The smallest absolute Gasteiger partial charge is 0.327 e. The topological polar surface area (TPSA) is 46.9 Å². The summed E-state index contributed by atoms with van der Waals surface area (Å²) in [6.45, 7) is 0.498. The van der Waals surface area contributed by atoms with Crippen molar-refractivity contribution in [1.82, 2.24) is 14.9 Å². The van der Waals surface area contributed by atoms with Crippen LogP contribution in [-0.4, -0.2) is 15.6 Å². The van der Waals surface area contributed by atoms with E-state index in [-0.39, 0.29) is 6.03 Å². The Kier molecular flexibility index (Phi) is 2.98. The van der Waals surface area contributed by atoms with Gasteiger partial charge in [-0.25, -0.2) is 9.78 Å². The number of amides is 1. The molecule has 0 aliphatic rings. The van der Waals surface area contributed by atoms with Gasteiger partial charge in [0.15, 0.2) is 0 Å². The fourth-order valence-electron chi connectivity index (χ4n) is 2.09. The van der Waals surface area contributed by atoms with Gasteiger partial charge in [-0.15, -0.1) is 0 Å². The van der Waals surface area contributed by atoms with Crippen molar-refractivity contribution in [1.29, 1.82) is 0 Å². The highest BCUT2D eigenvalue weighted by Gasteiger charge is 2.04. The summed E-state index contributed by atoms with van der Waals surface area (Å²) in [4.78, 5) is 15.7. The monoisotopic (exact) mass is 251 g/mol. The van der Waals surface area contributed by atoms with E-state index in [1.54, 1.807) is 12.4 Å². The molecule has 4 heteroatoms. The molecule has 94 valence electrons. The number of aromatic nitrogens is 2. The maximum absolute atomic E-state index is 11.8. The molecule has 0 saturated carbocycles. The van der Waals surface area contributed by atoms with Crippen molar-refractivity contribution >= 4 is 16.8 Å². The largest absolute Gasteiger partial charge is 0.333 e. The van der Waals surface area contributed by atoms with Crippen LogP contribution in [0.5, 0.6) is 0 Å². The molecule has 19 heavy (non-hydrogen) atoms. The number of carbonyl (C=O) groups is 1. The molecular formula is C15H13N3O. The number of nitrogens with one attached hydrogen (secondary N) is 1. The van der Waals surface area contributed by atoms with Gasteiger partial charge < -0.3 is 5.32 Å². The lowest BCUT2D eigenvalue weighted by Gasteiger charge is -2.08. The van der Waals surface area contributed by atoms with Crippen molar-refractivity contribution in [2.45, 2.75) is 6.54 Å². The molecule has 0 fully saturated rings. The first-order valence-electron chi connectivity index (χ1n) is 6.07. The Morgan fingerprint density at radius 2 is 2.00 bits per heavy atom. The number of rotatable bonds is 2. The quantitative estimate of drug-likeness (QED) is 0.761. The molecule has 0 atom stereocenters. The van der Waals surface area contributed by atoms with Crippen molar-refractivity contribution in [3.63, 3.8) is 0 Å². The molecule has 1 amide bonds. The maximum atomic E-state index is 11.8. The van der Waals surface area contributed by atoms with Gasteiger partial charge in [-0.3, -0.25) is 4.57 Å². The van der Waals surface area contributed by atoms with Crippen LogP contribution < -0.4 is 5.32 Å². The van der Waals surface area contributed by atoms with E-state index < -0.39 is 0 Å². The summed E-state index contributed by atoms with van der Waals surface area (Å²) in [5, 5.41) is 5.22. The molecule has 1 heterocycles. The first kappa shape index (κ1) is 11.5. The number of hydrogen-bond acceptors (Lipinski definition) is 2. The second kappa shape index (κ2) is 4.94. The van der Waals surface area contributed by atoms with Crippen molar-refractivity contribution in [2.75, 3.05) is 0 Å². The van der Waals surface area contributed by atoms with E-state index in [9.17, 15) is 4.79 Å². The zero-order chi connectivity index (χ0) is 13.1. The first-order valence-corrected chi connectivity index (χ1v) is 6.07. The minimum Gasteiger partial charge on any atom is -0.333 e. The number of benzene rings is 2. The summed E-state index contributed by atoms with van der Waals surface area (Å²) >= 11 is 0. The van der Waals surface area contributed by atoms with Crippen molar-refractivity contribution in [3.8, 4) is 0 Å². The highest BCUT2D eigenvalue weighted by atomic mass is 16.2. The zero-order valence-corrected chi connectivity index (χ0v) is 10.3. The predicted molar refractivity (Wildman–Crippen MR) is 73.8 cm³/mol. The third kappa shape index (κ3) is 2.33. The molecule has 0 saturated heterocycles. The minimum absolute atomic E-state index is 0.176. The Balaban J connectivity index is 1.81. The third-order valence-corrected chi connectivity index (χ3v) is 3.05. The molecular weight excluding hydrogens is 238 g/mol.